The highest BCUT2D eigenvalue weighted by Gasteiger charge is 2.28. The number of nitro groups is 2. The number of aryl methyl sites for hydroxylation is 1. The Morgan fingerprint density at radius 2 is 1.94 bits per heavy atom. The average Bonchev–Trinajstić information content (AvgIpc) is 3.20. The number of hydrogen-bond donors (Lipinski definition) is 2. The number of nitrogens with zero attached hydrogens (tertiary/aromatic N) is 4. The molecule has 1 aliphatic heterocycles. The number of non-ortho nitro benzene ring substituents is 1. The van der Waals surface area contributed by atoms with Crippen LogP contribution in [0.25, 0.3) is 0 Å². The zero-order chi connectivity index (χ0) is 24.9. The smallest absolute Gasteiger partial charge is 0.301 e. The van der Waals surface area contributed by atoms with Crippen LogP contribution in [0, 0.1) is 27.2 Å². The molecule has 1 saturated heterocycles. The van der Waals surface area contributed by atoms with Crippen LogP contribution >= 0.6 is 0 Å². The van der Waals surface area contributed by atoms with Gasteiger partial charge in [-0.15, -0.1) is 0 Å². The van der Waals surface area contributed by atoms with Gasteiger partial charge in [0.2, 0.25) is 0 Å². The molecule has 1 fully saturated rings. The Labute approximate surface area is 200 Å². The predicted molar refractivity (Wildman–Crippen MR) is 126 cm³/mol. The Kier molecular flexibility index (Phi) is 7.36. The lowest BCUT2D eigenvalue weighted by molar-refractivity contribution is -0.393. The monoisotopic (exact) mass is 486 g/mol. The molecule has 1 aromatic carbocycles. The lowest BCUT2D eigenvalue weighted by Gasteiger charge is -2.26. The normalized spacial score (nSPS) is 17.1. The van der Waals surface area contributed by atoms with Crippen LogP contribution in [0.4, 0.5) is 17.1 Å². The predicted octanol–water partition coefficient (Wildman–Crippen LogP) is 2.62. The van der Waals surface area contributed by atoms with E-state index in [-0.39, 0.29) is 23.0 Å². The first-order valence-electron chi connectivity index (χ1n) is 11.3. The maximum atomic E-state index is 12.8. The first-order chi connectivity index (χ1) is 16.8. The summed E-state index contributed by atoms with van der Waals surface area (Å²) in [4.78, 5) is 36.0. The van der Waals surface area contributed by atoms with Crippen LogP contribution in [-0.2, 0) is 11.2 Å². The van der Waals surface area contributed by atoms with Crippen molar-refractivity contribution in [3.63, 3.8) is 0 Å². The molecular formula is C22H26N6O7. The number of furan rings is 1. The van der Waals surface area contributed by atoms with Gasteiger partial charge in [0.05, 0.1) is 34.8 Å². The quantitative estimate of drug-likeness (QED) is 0.421. The molecule has 186 valence electrons. The number of nitro benzene ring substituents is 2. The molecule has 2 aromatic rings. The number of morpholine rings is 1. The molecule has 4 rings (SSSR count). The lowest BCUT2D eigenvalue weighted by atomic mass is 9.93. The van der Waals surface area contributed by atoms with Gasteiger partial charge in [-0.05, 0) is 25.8 Å². The van der Waals surface area contributed by atoms with Gasteiger partial charge >= 0.3 is 5.69 Å². The van der Waals surface area contributed by atoms with E-state index in [1.807, 2.05) is 0 Å². The van der Waals surface area contributed by atoms with Gasteiger partial charge in [-0.25, -0.2) is 0 Å². The molecule has 0 saturated carbocycles. The molecule has 0 spiro atoms. The molecule has 1 amide bonds. The number of hydrogen-bond acceptors (Lipinski definition) is 10. The van der Waals surface area contributed by atoms with E-state index in [1.54, 1.807) is 6.92 Å². The van der Waals surface area contributed by atoms with Gasteiger partial charge in [0.1, 0.15) is 11.4 Å². The van der Waals surface area contributed by atoms with E-state index >= 15 is 0 Å². The highest BCUT2D eigenvalue weighted by atomic mass is 16.6. The third kappa shape index (κ3) is 5.46. The minimum Gasteiger partial charge on any atom is -0.455 e. The molecule has 13 heteroatoms. The number of carbonyl (C=O) groups excluding carboxylic acids is 1. The number of ether oxygens (including phenoxy) is 1. The van der Waals surface area contributed by atoms with Gasteiger partial charge in [-0.2, -0.15) is 5.10 Å². The highest BCUT2D eigenvalue weighted by Crippen LogP contribution is 2.32. The molecule has 0 bridgehead atoms. The van der Waals surface area contributed by atoms with Crippen molar-refractivity contribution >= 4 is 28.7 Å². The number of anilines is 1. The van der Waals surface area contributed by atoms with Crippen molar-refractivity contribution in [1.82, 2.24) is 10.2 Å². The summed E-state index contributed by atoms with van der Waals surface area (Å²) in [6.07, 6.45) is 1.97. The molecule has 2 N–H and O–H groups in total. The summed E-state index contributed by atoms with van der Waals surface area (Å²) in [6.45, 7) is 6.05. The van der Waals surface area contributed by atoms with Crippen LogP contribution in [0.15, 0.2) is 27.7 Å². The summed E-state index contributed by atoms with van der Waals surface area (Å²) >= 11 is 0. The summed E-state index contributed by atoms with van der Waals surface area (Å²) in [5, 5.41) is 29.6. The second-order valence-electron chi connectivity index (χ2n) is 8.30. The molecule has 1 aliphatic carbocycles. The average molecular weight is 486 g/mol. The molecule has 0 radical (unpaired) electrons. The zero-order valence-electron chi connectivity index (χ0n) is 19.2. The fraction of sp³-hybridized carbons (Fsp3) is 0.455. The minimum atomic E-state index is -0.704. The Morgan fingerprint density at radius 1 is 1.17 bits per heavy atom. The molecular weight excluding hydrogens is 460 g/mol. The van der Waals surface area contributed by atoms with Gasteiger partial charge < -0.3 is 14.5 Å². The van der Waals surface area contributed by atoms with E-state index < -0.39 is 15.5 Å². The summed E-state index contributed by atoms with van der Waals surface area (Å²) in [5.41, 5.74) is 3.84. The maximum Gasteiger partial charge on any atom is 0.301 e. The van der Waals surface area contributed by atoms with Gasteiger partial charge in [0.25, 0.3) is 11.6 Å². The van der Waals surface area contributed by atoms with Crippen LogP contribution in [0.2, 0.25) is 0 Å². The van der Waals surface area contributed by atoms with Crippen LogP contribution < -0.4 is 10.7 Å². The van der Waals surface area contributed by atoms with Crippen molar-refractivity contribution in [3.05, 3.63) is 61.1 Å². The molecule has 35 heavy (non-hydrogen) atoms. The molecule has 13 nitrogen and oxygen atoms in total. The van der Waals surface area contributed by atoms with Crippen molar-refractivity contribution in [2.45, 2.75) is 26.2 Å². The maximum absolute atomic E-state index is 12.8. The fourth-order valence-corrected chi connectivity index (χ4v) is 4.24. The van der Waals surface area contributed by atoms with Crippen molar-refractivity contribution < 1.29 is 23.8 Å². The van der Waals surface area contributed by atoms with E-state index in [0.717, 1.165) is 32.1 Å². The second-order valence-corrected chi connectivity index (χ2v) is 8.30. The number of carbonyl (C=O) groups is 1. The number of nitrogens with one attached hydrogen (secondary N) is 2. The zero-order valence-corrected chi connectivity index (χ0v) is 19.2. The largest absolute Gasteiger partial charge is 0.455 e. The van der Waals surface area contributed by atoms with Crippen LogP contribution in [0.1, 0.15) is 40.3 Å². The highest BCUT2D eigenvalue weighted by molar-refractivity contribution is 6.06. The summed E-state index contributed by atoms with van der Waals surface area (Å²) in [7, 11) is 0. The first kappa shape index (κ1) is 24.3. The van der Waals surface area contributed by atoms with Gasteiger partial charge in [0.15, 0.2) is 5.76 Å². The van der Waals surface area contributed by atoms with Crippen LogP contribution in [0.3, 0.4) is 0 Å². The van der Waals surface area contributed by atoms with E-state index in [2.05, 4.69) is 20.7 Å². The number of amides is 1. The van der Waals surface area contributed by atoms with E-state index in [1.165, 1.54) is 12.1 Å². The number of hydrazone groups is 1. The second kappa shape index (κ2) is 10.6. The molecule has 2 heterocycles. The molecule has 2 aliphatic rings. The van der Waals surface area contributed by atoms with Crippen molar-refractivity contribution in [2.24, 2.45) is 5.10 Å². The van der Waals surface area contributed by atoms with Crippen molar-refractivity contribution in [1.29, 1.82) is 0 Å². The summed E-state index contributed by atoms with van der Waals surface area (Å²) in [5.74, 6) is 0.571. The van der Waals surface area contributed by atoms with E-state index in [0.29, 0.717) is 55.2 Å². The van der Waals surface area contributed by atoms with Crippen LogP contribution in [-0.4, -0.2) is 65.8 Å². The Balaban J connectivity index is 1.49. The lowest BCUT2D eigenvalue weighted by Crippen LogP contribution is -2.41. The third-order valence-corrected chi connectivity index (χ3v) is 6.05. The van der Waals surface area contributed by atoms with Gasteiger partial charge in [0, 0.05) is 49.8 Å². The SMILES string of the molecule is Cc1c(C(=O)NCCN2CCOCC2)oc2c1/C(=N/Nc1ccc([N+](=O)[O-])cc1[N+](=O)[O-])CCC2. The third-order valence-electron chi connectivity index (χ3n) is 6.05. The topological polar surface area (TPSA) is 165 Å². The Hall–Kier alpha value is -3.84. The van der Waals surface area contributed by atoms with E-state index in [4.69, 9.17) is 9.15 Å². The van der Waals surface area contributed by atoms with Crippen molar-refractivity contribution in [2.75, 3.05) is 44.8 Å². The number of rotatable bonds is 8. The number of benzene rings is 1. The van der Waals surface area contributed by atoms with E-state index in [9.17, 15) is 25.0 Å². The Bertz CT molecular complexity index is 1170. The summed E-state index contributed by atoms with van der Waals surface area (Å²) < 4.78 is 11.2. The standard InChI is InChI=1S/C22H26N6O7/c1-14-20-17(25-24-16-6-5-15(27(30)31)13-18(16)28(32)33)3-2-4-19(20)35-21(14)22(29)23-7-8-26-9-11-34-12-10-26/h5-6,13,24H,2-4,7-12H2,1H3,(H,23,29)/b25-17+. The van der Waals surface area contributed by atoms with Crippen LogP contribution in [0.5, 0.6) is 0 Å². The minimum absolute atomic E-state index is 0.0300. The first-order valence-corrected chi connectivity index (χ1v) is 11.3. The molecule has 0 atom stereocenters. The molecule has 1 aromatic heterocycles. The Morgan fingerprint density at radius 3 is 2.66 bits per heavy atom. The fourth-order valence-electron chi connectivity index (χ4n) is 4.24. The molecule has 0 unspecified atom stereocenters. The van der Waals surface area contributed by atoms with Gasteiger partial charge in [-0.3, -0.25) is 35.3 Å². The van der Waals surface area contributed by atoms with Crippen molar-refractivity contribution in [3.8, 4) is 0 Å². The number of fused-ring (bicyclic) bond motifs is 1. The van der Waals surface area contributed by atoms with Gasteiger partial charge in [-0.1, -0.05) is 0 Å². The summed E-state index contributed by atoms with van der Waals surface area (Å²) in [6, 6.07) is 3.31.